The molecule has 0 aliphatic carbocycles. The molecule has 134 valence electrons. The number of rotatable bonds is 5. The van der Waals surface area contributed by atoms with E-state index in [4.69, 9.17) is 0 Å². The molecule has 0 aromatic rings. The second-order valence-corrected chi connectivity index (χ2v) is 5.41. The Balaban J connectivity index is 6.24. The lowest BCUT2D eigenvalue weighted by molar-refractivity contribution is -0.439. The lowest BCUT2D eigenvalue weighted by Crippen LogP contribution is -2.71. The van der Waals surface area contributed by atoms with E-state index in [0.29, 0.717) is 0 Å². The zero-order valence-electron chi connectivity index (χ0n) is 9.87. The highest BCUT2D eigenvalue weighted by Crippen LogP contribution is 2.61. The van der Waals surface area contributed by atoms with Crippen LogP contribution in [0.4, 0.5) is 57.1 Å². The fourth-order valence-corrected chi connectivity index (χ4v) is 1.32. The molecule has 0 N–H and O–H groups in total. The van der Waals surface area contributed by atoms with Gasteiger partial charge < -0.3 is 0 Å². The molecule has 0 nitrogen and oxygen atoms in total. The minimum atomic E-state index is -7.84. The van der Waals surface area contributed by atoms with Gasteiger partial charge in [-0.25, -0.2) is 0 Å². The highest BCUT2D eigenvalue weighted by molar-refractivity contribution is 9.09. The monoisotopic (exact) mass is 426 g/mol. The molecule has 0 fully saturated rings. The molecule has 0 rings (SSSR count). The van der Waals surface area contributed by atoms with Crippen molar-refractivity contribution in [2.24, 2.45) is 0 Å². The van der Waals surface area contributed by atoms with E-state index in [-0.39, 0.29) is 6.92 Å². The first-order valence-electron chi connectivity index (χ1n) is 4.79. The Kier molecular flexibility index (Phi) is 5.19. The van der Waals surface area contributed by atoms with E-state index in [0.717, 1.165) is 0 Å². The largest absolute Gasteiger partial charge is 0.460 e. The van der Waals surface area contributed by atoms with Gasteiger partial charge in [0.1, 0.15) is 0 Å². The van der Waals surface area contributed by atoms with Crippen molar-refractivity contribution in [2.45, 2.75) is 47.5 Å². The zero-order chi connectivity index (χ0) is 18.6. The van der Waals surface area contributed by atoms with Crippen LogP contribution in [-0.2, 0) is 0 Å². The molecule has 0 radical (unpaired) electrons. The smallest absolute Gasteiger partial charge is 0.198 e. The third kappa shape index (κ3) is 2.64. The summed E-state index contributed by atoms with van der Waals surface area (Å²) in [6, 6.07) is 0. The standard InChI is InChI=1S/C8H4BrF13/c1-2(9)3(10,11)4(12,13)5(14,15)6(16,17)7(18,19)8(20,21)22/h2H,1H3. The van der Waals surface area contributed by atoms with Gasteiger partial charge in [-0.3, -0.25) is 0 Å². The van der Waals surface area contributed by atoms with Gasteiger partial charge in [0.05, 0.1) is 4.83 Å². The van der Waals surface area contributed by atoms with Crippen LogP contribution in [0, 0.1) is 0 Å². The fourth-order valence-electron chi connectivity index (χ4n) is 1.03. The molecular formula is C8H4BrF13. The normalized spacial score (nSPS) is 17.6. The maximum absolute atomic E-state index is 12.9. The summed E-state index contributed by atoms with van der Waals surface area (Å²) >= 11 is 1.66. The molecule has 1 atom stereocenters. The van der Waals surface area contributed by atoms with Crippen LogP contribution >= 0.6 is 15.9 Å². The Bertz CT molecular complexity index is 407. The summed E-state index contributed by atoms with van der Waals surface area (Å²) in [7, 11) is 0. The van der Waals surface area contributed by atoms with Crippen LogP contribution in [0.1, 0.15) is 6.92 Å². The average Bonchev–Trinajstić information content (AvgIpc) is 2.25. The van der Waals surface area contributed by atoms with Crippen LogP contribution in [0.15, 0.2) is 0 Å². The van der Waals surface area contributed by atoms with Crippen molar-refractivity contribution >= 4 is 15.9 Å². The Hall–Kier alpha value is -0.430. The summed E-state index contributed by atoms with van der Waals surface area (Å²) < 4.78 is 163. The van der Waals surface area contributed by atoms with E-state index in [1.54, 1.807) is 15.9 Å². The Morgan fingerprint density at radius 1 is 0.545 bits per heavy atom. The second-order valence-electron chi connectivity index (χ2n) is 4.03. The molecule has 0 saturated carbocycles. The minimum absolute atomic E-state index is 0.0734. The van der Waals surface area contributed by atoms with Crippen LogP contribution in [0.2, 0.25) is 0 Å². The van der Waals surface area contributed by atoms with E-state index in [1.807, 2.05) is 0 Å². The van der Waals surface area contributed by atoms with Crippen LogP contribution < -0.4 is 0 Å². The summed E-state index contributed by atoms with van der Waals surface area (Å²) in [5, 5.41) is 0. The first-order valence-corrected chi connectivity index (χ1v) is 5.71. The highest BCUT2D eigenvalue weighted by atomic mass is 79.9. The summed E-state index contributed by atoms with van der Waals surface area (Å²) in [5.74, 6) is -36.5. The van der Waals surface area contributed by atoms with E-state index in [9.17, 15) is 57.1 Å². The molecule has 0 saturated heterocycles. The molecule has 0 aliphatic heterocycles. The quantitative estimate of drug-likeness (QED) is 0.401. The zero-order valence-corrected chi connectivity index (χ0v) is 11.5. The van der Waals surface area contributed by atoms with Crippen LogP contribution in [-0.4, -0.2) is 40.6 Å². The first kappa shape index (κ1) is 21.6. The van der Waals surface area contributed by atoms with Crippen LogP contribution in [0.5, 0.6) is 0 Å². The number of alkyl halides is 14. The van der Waals surface area contributed by atoms with Crippen molar-refractivity contribution < 1.29 is 57.1 Å². The van der Waals surface area contributed by atoms with Crippen molar-refractivity contribution in [2.75, 3.05) is 0 Å². The van der Waals surface area contributed by atoms with Gasteiger partial charge in [-0.15, -0.1) is 0 Å². The van der Waals surface area contributed by atoms with Gasteiger partial charge in [0.15, 0.2) is 0 Å². The summed E-state index contributed by atoms with van der Waals surface area (Å²) in [6.45, 7) is 0.0734. The Morgan fingerprint density at radius 2 is 0.818 bits per heavy atom. The Labute approximate surface area is 121 Å². The van der Waals surface area contributed by atoms with E-state index in [1.165, 1.54) is 0 Å². The SMILES string of the molecule is CC(Br)C(F)(F)C(F)(F)C(F)(F)C(F)(F)C(F)(F)C(F)(F)F. The van der Waals surface area contributed by atoms with E-state index >= 15 is 0 Å². The molecule has 0 aliphatic rings. The molecule has 1 unspecified atom stereocenters. The molecule has 0 aromatic heterocycles. The molecule has 22 heavy (non-hydrogen) atoms. The summed E-state index contributed by atoms with van der Waals surface area (Å²) in [5.41, 5.74) is 0. The maximum atomic E-state index is 12.9. The van der Waals surface area contributed by atoms with Crippen LogP contribution in [0.3, 0.4) is 0 Å². The first-order chi connectivity index (χ1) is 9.19. The molecule has 14 heteroatoms. The van der Waals surface area contributed by atoms with Gasteiger partial charge in [0, 0.05) is 0 Å². The maximum Gasteiger partial charge on any atom is 0.460 e. The van der Waals surface area contributed by atoms with Gasteiger partial charge in [-0.05, 0) is 6.92 Å². The van der Waals surface area contributed by atoms with Gasteiger partial charge in [0.2, 0.25) is 0 Å². The fraction of sp³-hybridized carbons (Fsp3) is 1.00. The van der Waals surface area contributed by atoms with Crippen molar-refractivity contribution in [3.63, 3.8) is 0 Å². The molecule has 0 aromatic carbocycles. The predicted octanol–water partition coefficient (Wildman–Crippen LogP) is 5.51. The number of hydrogen-bond acceptors (Lipinski definition) is 0. The lowest BCUT2D eigenvalue weighted by Gasteiger charge is -2.40. The second kappa shape index (κ2) is 5.30. The van der Waals surface area contributed by atoms with Crippen molar-refractivity contribution in [1.82, 2.24) is 0 Å². The van der Waals surface area contributed by atoms with Crippen molar-refractivity contribution in [3.8, 4) is 0 Å². The van der Waals surface area contributed by atoms with Gasteiger partial charge >= 0.3 is 35.8 Å². The van der Waals surface area contributed by atoms with Gasteiger partial charge in [0.25, 0.3) is 0 Å². The predicted molar refractivity (Wildman–Crippen MR) is 49.2 cm³/mol. The third-order valence-electron chi connectivity index (χ3n) is 2.46. The third-order valence-corrected chi connectivity index (χ3v) is 3.03. The number of halogens is 14. The van der Waals surface area contributed by atoms with Crippen molar-refractivity contribution in [3.05, 3.63) is 0 Å². The van der Waals surface area contributed by atoms with Crippen LogP contribution in [0.25, 0.3) is 0 Å². The number of hydrogen-bond donors (Lipinski definition) is 0. The molecular weight excluding hydrogens is 423 g/mol. The summed E-state index contributed by atoms with van der Waals surface area (Å²) in [4.78, 5) is -2.95. The molecule has 0 heterocycles. The van der Waals surface area contributed by atoms with E-state index < -0.39 is 40.6 Å². The topological polar surface area (TPSA) is 0 Å². The molecule has 0 spiro atoms. The van der Waals surface area contributed by atoms with Gasteiger partial charge in [-0.2, -0.15) is 57.1 Å². The molecule has 0 bridgehead atoms. The molecule has 0 amide bonds. The Morgan fingerprint density at radius 3 is 1.05 bits per heavy atom. The highest BCUT2D eigenvalue weighted by Gasteiger charge is 2.91. The lowest BCUT2D eigenvalue weighted by atomic mass is 9.93. The minimum Gasteiger partial charge on any atom is -0.198 e. The van der Waals surface area contributed by atoms with Gasteiger partial charge in [-0.1, -0.05) is 15.9 Å². The van der Waals surface area contributed by atoms with E-state index in [2.05, 4.69) is 0 Å². The van der Waals surface area contributed by atoms with Crippen molar-refractivity contribution in [1.29, 1.82) is 0 Å². The summed E-state index contributed by atoms with van der Waals surface area (Å²) in [6.07, 6.45) is -7.38. The average molecular weight is 427 g/mol.